The Labute approximate surface area is 211 Å². The summed E-state index contributed by atoms with van der Waals surface area (Å²) in [6.45, 7) is 4.81. The van der Waals surface area contributed by atoms with Crippen molar-refractivity contribution in [1.82, 2.24) is 0 Å². The fourth-order valence-electron chi connectivity index (χ4n) is 4.27. The lowest BCUT2D eigenvalue weighted by molar-refractivity contribution is -0.132. The van der Waals surface area contributed by atoms with E-state index in [1.807, 2.05) is 57.1 Å². The number of carbonyl (C=O) groups is 2. The molecule has 186 valence electrons. The zero-order valence-corrected chi connectivity index (χ0v) is 20.9. The fraction of sp³-hybridized carbons (Fsp3) is 0.241. The third-order valence-electron chi connectivity index (χ3n) is 6.03. The van der Waals surface area contributed by atoms with Gasteiger partial charge in [0.1, 0.15) is 17.3 Å². The molecule has 0 aliphatic carbocycles. The van der Waals surface area contributed by atoms with Crippen LogP contribution in [0, 0.1) is 0 Å². The van der Waals surface area contributed by atoms with E-state index in [2.05, 4.69) is 0 Å². The molecule has 0 aromatic heterocycles. The first-order valence-corrected chi connectivity index (χ1v) is 11.9. The first kappa shape index (κ1) is 24.9. The molecule has 0 saturated carbocycles. The third kappa shape index (κ3) is 4.77. The summed E-state index contributed by atoms with van der Waals surface area (Å²) in [5.74, 6) is -0.351. The number of hydrogen-bond acceptors (Lipinski definition) is 6. The van der Waals surface area contributed by atoms with Crippen LogP contribution in [0.15, 0.2) is 78.4 Å². The lowest BCUT2D eigenvalue weighted by atomic mass is 9.95. The monoisotopic (exact) mass is 486 g/mol. The van der Waals surface area contributed by atoms with E-state index in [0.29, 0.717) is 41.5 Å². The van der Waals surface area contributed by atoms with Gasteiger partial charge < -0.3 is 19.5 Å². The van der Waals surface area contributed by atoms with Gasteiger partial charge in [-0.2, -0.15) is 0 Å². The van der Waals surface area contributed by atoms with Crippen molar-refractivity contribution in [3.8, 4) is 11.5 Å². The number of ketones is 1. The molecule has 1 aliphatic rings. The van der Waals surface area contributed by atoms with E-state index in [9.17, 15) is 14.7 Å². The minimum absolute atomic E-state index is 0.0376. The molecule has 1 N–H and O–H groups in total. The quantitative estimate of drug-likeness (QED) is 0.269. The van der Waals surface area contributed by atoms with Gasteiger partial charge in [-0.05, 0) is 80.1 Å². The Morgan fingerprint density at radius 2 is 1.36 bits per heavy atom. The van der Waals surface area contributed by atoms with Crippen molar-refractivity contribution in [2.45, 2.75) is 19.9 Å². The summed E-state index contributed by atoms with van der Waals surface area (Å²) in [5, 5.41) is 11.3. The van der Waals surface area contributed by atoms with Crippen LogP contribution in [-0.4, -0.2) is 44.1 Å². The molecule has 1 aliphatic heterocycles. The summed E-state index contributed by atoms with van der Waals surface area (Å²) < 4.78 is 11.0. The molecule has 0 radical (unpaired) electrons. The number of ether oxygens (including phenoxy) is 2. The Hall–Kier alpha value is -4.26. The Bertz CT molecular complexity index is 1260. The van der Waals surface area contributed by atoms with Crippen LogP contribution in [-0.2, 0) is 9.59 Å². The van der Waals surface area contributed by atoms with Gasteiger partial charge in [0.15, 0.2) is 0 Å². The number of hydrogen-bond donors (Lipinski definition) is 1. The van der Waals surface area contributed by atoms with Crippen LogP contribution in [0.3, 0.4) is 0 Å². The fourth-order valence-corrected chi connectivity index (χ4v) is 4.27. The van der Waals surface area contributed by atoms with E-state index in [-0.39, 0.29) is 11.3 Å². The Balaban J connectivity index is 1.84. The Kier molecular flexibility index (Phi) is 7.29. The first-order chi connectivity index (χ1) is 17.3. The molecule has 1 unspecified atom stereocenters. The van der Waals surface area contributed by atoms with Crippen molar-refractivity contribution in [1.29, 1.82) is 0 Å². The largest absolute Gasteiger partial charge is 0.507 e. The average Bonchev–Trinajstić information content (AvgIpc) is 3.15. The van der Waals surface area contributed by atoms with Gasteiger partial charge >= 0.3 is 0 Å². The summed E-state index contributed by atoms with van der Waals surface area (Å²) in [6.07, 6.45) is 0. The van der Waals surface area contributed by atoms with E-state index < -0.39 is 17.7 Å². The van der Waals surface area contributed by atoms with Crippen LogP contribution in [0.25, 0.3) is 5.76 Å². The van der Waals surface area contributed by atoms with Crippen molar-refractivity contribution in [2.75, 3.05) is 37.1 Å². The summed E-state index contributed by atoms with van der Waals surface area (Å²) in [6, 6.07) is 20.6. The predicted octanol–water partition coefficient (Wildman–Crippen LogP) is 5.18. The third-order valence-corrected chi connectivity index (χ3v) is 6.03. The van der Waals surface area contributed by atoms with E-state index in [4.69, 9.17) is 9.47 Å². The second kappa shape index (κ2) is 10.6. The second-order valence-corrected chi connectivity index (χ2v) is 8.54. The van der Waals surface area contributed by atoms with Gasteiger partial charge in [0.2, 0.25) is 0 Å². The minimum Gasteiger partial charge on any atom is -0.507 e. The molecule has 36 heavy (non-hydrogen) atoms. The highest BCUT2D eigenvalue weighted by Crippen LogP contribution is 2.42. The van der Waals surface area contributed by atoms with Crippen molar-refractivity contribution in [3.05, 3.63) is 89.5 Å². The van der Waals surface area contributed by atoms with Crippen LogP contribution in [0.5, 0.6) is 11.5 Å². The van der Waals surface area contributed by atoms with Crippen molar-refractivity contribution in [2.24, 2.45) is 0 Å². The highest BCUT2D eigenvalue weighted by atomic mass is 16.5. The lowest BCUT2D eigenvalue weighted by Gasteiger charge is -2.26. The molecule has 7 nitrogen and oxygen atoms in total. The average molecular weight is 487 g/mol. The first-order valence-electron chi connectivity index (χ1n) is 11.9. The van der Waals surface area contributed by atoms with Crippen molar-refractivity contribution in [3.63, 3.8) is 0 Å². The van der Waals surface area contributed by atoms with Crippen LogP contribution in [0.1, 0.15) is 31.0 Å². The number of aliphatic hydroxyl groups excluding tert-OH is 1. The summed E-state index contributed by atoms with van der Waals surface area (Å²) >= 11 is 0. The molecule has 7 heteroatoms. The number of aliphatic hydroxyl groups is 1. The SMILES string of the molecule is CCOc1ccc(/C(O)=C2/C(=O)C(=O)N(c3ccc(OCC)cc3)C2c2ccc(N(C)C)cc2)cc1. The maximum Gasteiger partial charge on any atom is 0.300 e. The molecule has 3 aromatic carbocycles. The smallest absolute Gasteiger partial charge is 0.300 e. The normalized spacial score (nSPS) is 16.8. The van der Waals surface area contributed by atoms with Gasteiger partial charge in [-0.25, -0.2) is 0 Å². The maximum absolute atomic E-state index is 13.3. The number of benzene rings is 3. The minimum atomic E-state index is -0.800. The van der Waals surface area contributed by atoms with Gasteiger partial charge in [-0.15, -0.1) is 0 Å². The topological polar surface area (TPSA) is 79.3 Å². The van der Waals surface area contributed by atoms with Crippen LogP contribution < -0.4 is 19.3 Å². The number of rotatable bonds is 8. The van der Waals surface area contributed by atoms with Crippen molar-refractivity contribution >= 4 is 28.8 Å². The number of amides is 1. The molecule has 1 fully saturated rings. The number of carbonyl (C=O) groups excluding carboxylic acids is 2. The zero-order valence-electron chi connectivity index (χ0n) is 20.9. The zero-order chi connectivity index (χ0) is 25.8. The summed E-state index contributed by atoms with van der Waals surface area (Å²) in [4.78, 5) is 30.1. The Morgan fingerprint density at radius 3 is 1.86 bits per heavy atom. The number of nitrogens with zero attached hydrogens (tertiary/aromatic N) is 2. The Morgan fingerprint density at radius 1 is 0.833 bits per heavy atom. The van der Waals surface area contributed by atoms with Gasteiger partial charge in [-0.3, -0.25) is 14.5 Å². The summed E-state index contributed by atoms with van der Waals surface area (Å²) in [5.41, 5.74) is 2.69. The van der Waals surface area contributed by atoms with Gasteiger partial charge in [0, 0.05) is 31.0 Å². The lowest BCUT2D eigenvalue weighted by Crippen LogP contribution is -2.29. The molecule has 1 saturated heterocycles. The van der Waals surface area contributed by atoms with Gasteiger partial charge in [0.25, 0.3) is 11.7 Å². The molecule has 1 amide bonds. The molecule has 0 spiro atoms. The molecule has 1 atom stereocenters. The van der Waals surface area contributed by atoms with Crippen LogP contribution >= 0.6 is 0 Å². The molecule has 4 rings (SSSR count). The second-order valence-electron chi connectivity index (χ2n) is 8.54. The van der Waals surface area contributed by atoms with E-state index in [1.165, 1.54) is 4.90 Å². The predicted molar refractivity (Wildman–Crippen MR) is 141 cm³/mol. The molecular weight excluding hydrogens is 456 g/mol. The van der Waals surface area contributed by atoms with Crippen molar-refractivity contribution < 1.29 is 24.2 Å². The maximum atomic E-state index is 13.3. The van der Waals surface area contributed by atoms with Gasteiger partial charge in [0.05, 0.1) is 24.8 Å². The van der Waals surface area contributed by atoms with Crippen LogP contribution in [0.4, 0.5) is 11.4 Å². The number of anilines is 2. The van der Waals surface area contributed by atoms with Crippen LogP contribution in [0.2, 0.25) is 0 Å². The highest BCUT2D eigenvalue weighted by Gasteiger charge is 2.47. The van der Waals surface area contributed by atoms with E-state index >= 15 is 0 Å². The van der Waals surface area contributed by atoms with E-state index in [0.717, 1.165) is 5.69 Å². The van der Waals surface area contributed by atoms with Gasteiger partial charge in [-0.1, -0.05) is 12.1 Å². The van der Waals surface area contributed by atoms with E-state index in [1.54, 1.807) is 48.5 Å². The standard InChI is InChI=1S/C29H30N2O5/c1-5-35-23-15-9-20(10-16-23)27(32)25-26(19-7-11-21(12-8-19)30(3)4)31(29(34)28(25)33)22-13-17-24(18-14-22)36-6-2/h7-18,26,32H,5-6H2,1-4H3/b27-25-. The molecule has 3 aromatic rings. The number of Topliss-reactive ketones (excluding diaryl/α,β-unsaturated/α-hetero) is 1. The highest BCUT2D eigenvalue weighted by molar-refractivity contribution is 6.51. The summed E-state index contributed by atoms with van der Waals surface area (Å²) in [7, 11) is 3.87. The molecular formula is C29H30N2O5. The molecule has 0 bridgehead atoms. The molecule has 1 heterocycles.